The smallest absolute Gasteiger partial charge is 0.230 e. The van der Waals surface area contributed by atoms with Gasteiger partial charge in [0, 0.05) is 12.1 Å². The van der Waals surface area contributed by atoms with Gasteiger partial charge in [0.05, 0.1) is 12.9 Å². The predicted octanol–water partition coefficient (Wildman–Crippen LogP) is 4.01. The van der Waals surface area contributed by atoms with Gasteiger partial charge in [0.2, 0.25) is 5.91 Å². The molecule has 0 aliphatic heterocycles. The van der Waals surface area contributed by atoms with Gasteiger partial charge in [0.25, 0.3) is 0 Å². The van der Waals surface area contributed by atoms with Crippen molar-refractivity contribution in [2.45, 2.75) is 64.4 Å². The van der Waals surface area contributed by atoms with E-state index in [0.717, 1.165) is 6.42 Å². The highest BCUT2D eigenvalue weighted by atomic mass is 32.2. The lowest BCUT2D eigenvalue weighted by Gasteiger charge is -2.20. The zero-order valence-corrected chi connectivity index (χ0v) is 18.2. The average Bonchev–Trinajstić information content (AvgIpc) is 3.11. The van der Waals surface area contributed by atoms with Gasteiger partial charge in [-0.3, -0.25) is 4.79 Å². The van der Waals surface area contributed by atoms with Crippen LogP contribution in [0.5, 0.6) is 11.5 Å². The molecule has 2 rings (SSSR count). The first-order chi connectivity index (χ1) is 13.4. The van der Waals surface area contributed by atoms with E-state index in [-0.39, 0.29) is 24.1 Å². The number of nitrogens with one attached hydrogen (secondary N) is 1. The molecule has 1 aromatic heterocycles. The summed E-state index contributed by atoms with van der Waals surface area (Å²) in [5.41, 5.74) is 0. The van der Waals surface area contributed by atoms with E-state index in [0.29, 0.717) is 28.2 Å². The second-order valence-electron chi connectivity index (χ2n) is 6.88. The first-order valence-corrected chi connectivity index (χ1v) is 10.5. The SMILES string of the molecule is CCC(C)NC(=O)CSc1nnc(C(C)Oc2ccccc2OC)n1C(C)C. The van der Waals surface area contributed by atoms with Crippen LogP contribution in [0.15, 0.2) is 29.4 Å². The number of carbonyl (C=O) groups is 1. The zero-order valence-electron chi connectivity index (χ0n) is 17.4. The van der Waals surface area contributed by atoms with E-state index in [4.69, 9.17) is 9.47 Å². The number of ether oxygens (including phenoxy) is 2. The summed E-state index contributed by atoms with van der Waals surface area (Å²) in [6.45, 7) is 10.1. The Balaban J connectivity index is 2.14. The maximum absolute atomic E-state index is 12.1. The van der Waals surface area contributed by atoms with Crippen molar-refractivity contribution in [1.82, 2.24) is 20.1 Å². The molecule has 7 nitrogen and oxygen atoms in total. The Morgan fingerprint density at radius 1 is 1.18 bits per heavy atom. The van der Waals surface area contributed by atoms with Crippen LogP contribution in [0.25, 0.3) is 0 Å². The molecule has 1 aromatic carbocycles. The van der Waals surface area contributed by atoms with E-state index in [9.17, 15) is 4.79 Å². The van der Waals surface area contributed by atoms with Crippen molar-refractivity contribution in [2.24, 2.45) is 0 Å². The first-order valence-electron chi connectivity index (χ1n) is 9.53. The third-order valence-corrected chi connectivity index (χ3v) is 5.24. The van der Waals surface area contributed by atoms with Crippen LogP contribution in [-0.4, -0.2) is 39.6 Å². The molecule has 0 spiro atoms. The van der Waals surface area contributed by atoms with Crippen molar-refractivity contribution in [3.05, 3.63) is 30.1 Å². The number of aromatic nitrogens is 3. The minimum absolute atomic E-state index is 0.00229. The maximum Gasteiger partial charge on any atom is 0.230 e. The summed E-state index contributed by atoms with van der Waals surface area (Å²) in [7, 11) is 1.61. The molecule has 0 saturated carbocycles. The molecule has 0 aliphatic carbocycles. The standard InChI is InChI=1S/C20H30N4O3S/c1-7-14(4)21-18(25)12-28-20-23-22-19(24(20)13(2)3)15(5)27-17-11-9-8-10-16(17)26-6/h8-11,13-15H,7,12H2,1-6H3,(H,21,25). The van der Waals surface area contributed by atoms with Crippen LogP contribution in [0.4, 0.5) is 0 Å². The molecule has 1 N–H and O–H groups in total. The number of thioether (sulfide) groups is 1. The monoisotopic (exact) mass is 406 g/mol. The Bertz CT molecular complexity index is 779. The van der Waals surface area contributed by atoms with Crippen LogP contribution in [0.3, 0.4) is 0 Å². The van der Waals surface area contributed by atoms with E-state index in [1.807, 2.05) is 49.6 Å². The topological polar surface area (TPSA) is 78.3 Å². The number of hydrogen-bond acceptors (Lipinski definition) is 6. The molecule has 0 saturated heterocycles. The van der Waals surface area contributed by atoms with Crippen molar-refractivity contribution in [3.8, 4) is 11.5 Å². The van der Waals surface area contributed by atoms with E-state index in [1.165, 1.54) is 11.8 Å². The number of para-hydroxylation sites is 2. The molecule has 0 fully saturated rings. The Morgan fingerprint density at radius 2 is 1.86 bits per heavy atom. The fourth-order valence-electron chi connectivity index (χ4n) is 2.66. The van der Waals surface area contributed by atoms with Crippen LogP contribution in [-0.2, 0) is 4.79 Å². The van der Waals surface area contributed by atoms with E-state index in [1.54, 1.807) is 7.11 Å². The quantitative estimate of drug-likeness (QED) is 0.601. The number of methoxy groups -OCH3 is 1. The van der Waals surface area contributed by atoms with Gasteiger partial charge in [-0.15, -0.1) is 10.2 Å². The second kappa shape index (κ2) is 10.4. The molecular formula is C20H30N4O3S. The van der Waals surface area contributed by atoms with Gasteiger partial charge < -0.3 is 19.4 Å². The lowest BCUT2D eigenvalue weighted by molar-refractivity contribution is -0.119. The van der Waals surface area contributed by atoms with E-state index >= 15 is 0 Å². The largest absolute Gasteiger partial charge is 0.493 e. The molecule has 0 radical (unpaired) electrons. The van der Waals surface area contributed by atoms with E-state index < -0.39 is 0 Å². The van der Waals surface area contributed by atoms with Crippen LogP contribution in [0.2, 0.25) is 0 Å². The van der Waals surface area contributed by atoms with Crippen LogP contribution in [0, 0.1) is 0 Å². The molecule has 28 heavy (non-hydrogen) atoms. The molecule has 0 aliphatic rings. The third-order valence-electron chi connectivity index (χ3n) is 4.30. The molecule has 2 aromatic rings. The van der Waals surface area contributed by atoms with Crippen molar-refractivity contribution >= 4 is 17.7 Å². The number of hydrogen-bond donors (Lipinski definition) is 1. The molecule has 0 bridgehead atoms. The van der Waals surface area contributed by atoms with Gasteiger partial charge in [-0.1, -0.05) is 30.8 Å². The summed E-state index contributed by atoms with van der Waals surface area (Å²) in [6.07, 6.45) is 0.579. The van der Waals surface area contributed by atoms with Crippen LogP contribution < -0.4 is 14.8 Å². The van der Waals surface area contributed by atoms with Crippen LogP contribution >= 0.6 is 11.8 Å². The molecule has 2 unspecified atom stereocenters. The number of nitrogens with zero attached hydrogens (tertiary/aromatic N) is 3. The first kappa shape index (κ1) is 22.1. The normalized spacial score (nSPS) is 13.2. The summed E-state index contributed by atoms with van der Waals surface area (Å²) in [6, 6.07) is 7.81. The van der Waals surface area contributed by atoms with Crippen molar-refractivity contribution in [3.63, 3.8) is 0 Å². The highest BCUT2D eigenvalue weighted by Gasteiger charge is 2.23. The maximum atomic E-state index is 12.1. The summed E-state index contributed by atoms with van der Waals surface area (Å²) < 4.78 is 13.5. The highest BCUT2D eigenvalue weighted by Crippen LogP contribution is 2.32. The lowest BCUT2D eigenvalue weighted by atomic mass is 10.3. The highest BCUT2D eigenvalue weighted by molar-refractivity contribution is 7.99. The van der Waals surface area contributed by atoms with Crippen molar-refractivity contribution in [2.75, 3.05) is 12.9 Å². The third kappa shape index (κ3) is 5.64. The van der Waals surface area contributed by atoms with Gasteiger partial charge in [0.15, 0.2) is 28.6 Å². The zero-order chi connectivity index (χ0) is 20.7. The van der Waals surface area contributed by atoms with Gasteiger partial charge >= 0.3 is 0 Å². The number of benzene rings is 1. The molecule has 1 amide bonds. The molecule has 154 valence electrons. The minimum Gasteiger partial charge on any atom is -0.493 e. The van der Waals surface area contributed by atoms with Gasteiger partial charge in [-0.2, -0.15) is 0 Å². The summed E-state index contributed by atoms with van der Waals surface area (Å²) >= 11 is 1.39. The molecule has 2 atom stereocenters. The lowest BCUT2D eigenvalue weighted by Crippen LogP contribution is -2.33. The molecular weight excluding hydrogens is 376 g/mol. The van der Waals surface area contributed by atoms with Gasteiger partial charge in [-0.05, 0) is 46.2 Å². The summed E-state index contributed by atoms with van der Waals surface area (Å²) in [5.74, 6) is 2.33. The molecule has 8 heteroatoms. The summed E-state index contributed by atoms with van der Waals surface area (Å²) in [5, 5.41) is 12.3. The number of rotatable bonds is 10. The van der Waals surface area contributed by atoms with Gasteiger partial charge in [-0.25, -0.2) is 0 Å². The average molecular weight is 407 g/mol. The number of carbonyl (C=O) groups excluding carboxylic acids is 1. The predicted molar refractivity (Wildman–Crippen MR) is 111 cm³/mol. The summed E-state index contributed by atoms with van der Waals surface area (Å²) in [4.78, 5) is 12.1. The minimum atomic E-state index is -0.325. The van der Waals surface area contributed by atoms with Crippen molar-refractivity contribution in [1.29, 1.82) is 0 Å². The van der Waals surface area contributed by atoms with Gasteiger partial charge in [0.1, 0.15) is 0 Å². The van der Waals surface area contributed by atoms with Crippen LogP contribution in [0.1, 0.15) is 59.0 Å². The Kier molecular flexibility index (Phi) is 8.17. The second-order valence-corrected chi connectivity index (χ2v) is 7.82. The van der Waals surface area contributed by atoms with Crippen molar-refractivity contribution < 1.29 is 14.3 Å². The fraction of sp³-hybridized carbons (Fsp3) is 0.550. The Labute approximate surface area is 171 Å². The number of amides is 1. The Morgan fingerprint density at radius 3 is 2.46 bits per heavy atom. The Hall–Kier alpha value is -2.22. The molecule has 1 heterocycles. The fourth-order valence-corrected chi connectivity index (χ4v) is 3.54. The van der Waals surface area contributed by atoms with E-state index in [2.05, 4.69) is 29.4 Å².